The van der Waals surface area contributed by atoms with Gasteiger partial charge >= 0.3 is 0 Å². The maximum atomic E-state index is 5.73. The van der Waals surface area contributed by atoms with Gasteiger partial charge in [-0.05, 0) is 40.1 Å². The van der Waals surface area contributed by atoms with Crippen LogP contribution in [0.25, 0.3) is 10.1 Å². The van der Waals surface area contributed by atoms with Gasteiger partial charge in [0.1, 0.15) is 5.75 Å². The molecule has 0 amide bonds. The molecule has 13 heavy (non-hydrogen) atoms. The van der Waals surface area contributed by atoms with Crippen molar-refractivity contribution in [3.05, 3.63) is 21.1 Å². The predicted octanol–water partition coefficient (Wildman–Crippen LogP) is 3.10. The first-order valence-electron chi connectivity index (χ1n) is 3.73. The molecule has 0 atom stereocenters. The molecule has 2 nitrogen and oxygen atoms in total. The van der Waals surface area contributed by atoms with E-state index < -0.39 is 0 Å². The number of ether oxygens (including phenoxy) is 1. The second kappa shape index (κ2) is 3.34. The Hall–Kier alpha value is -0.490. The maximum Gasteiger partial charge on any atom is 0.138 e. The third kappa shape index (κ3) is 1.60. The molecule has 0 fully saturated rings. The lowest BCUT2D eigenvalue weighted by atomic mass is 10.2. The van der Waals surface area contributed by atoms with Crippen molar-refractivity contribution in [1.29, 1.82) is 0 Å². The smallest absolute Gasteiger partial charge is 0.138 e. The molecule has 2 N–H and O–H groups in total. The van der Waals surface area contributed by atoms with Gasteiger partial charge in [0.2, 0.25) is 0 Å². The summed E-state index contributed by atoms with van der Waals surface area (Å²) in [5.74, 6) is 0.864. The van der Waals surface area contributed by atoms with Crippen molar-refractivity contribution >= 4 is 49.7 Å². The van der Waals surface area contributed by atoms with Gasteiger partial charge in [0.25, 0.3) is 0 Å². The second-order valence-corrected chi connectivity index (χ2v) is 5.64. The molecular weight excluding hydrogens is 297 g/mol. The highest BCUT2D eigenvalue weighted by Gasteiger charge is 2.06. The van der Waals surface area contributed by atoms with Gasteiger partial charge in [0, 0.05) is 11.8 Å². The number of hydrogen-bond acceptors (Lipinski definition) is 3. The summed E-state index contributed by atoms with van der Waals surface area (Å²) in [5, 5.41) is 1.16. The Labute approximate surface area is 93.8 Å². The number of thiophene rings is 1. The van der Waals surface area contributed by atoms with E-state index in [4.69, 9.17) is 10.5 Å². The highest BCUT2D eigenvalue weighted by atomic mass is 127. The fourth-order valence-corrected chi connectivity index (χ4v) is 3.12. The minimum absolute atomic E-state index is 0.749. The number of halogens is 1. The Bertz CT molecular complexity index is 452. The van der Waals surface area contributed by atoms with Crippen molar-refractivity contribution in [2.75, 3.05) is 12.8 Å². The largest absolute Gasteiger partial charge is 0.495 e. The summed E-state index contributed by atoms with van der Waals surface area (Å²) in [6, 6.07) is 5.94. The summed E-state index contributed by atoms with van der Waals surface area (Å²) in [4.78, 5) is 0. The highest BCUT2D eigenvalue weighted by Crippen LogP contribution is 2.35. The maximum absolute atomic E-state index is 5.73. The van der Waals surface area contributed by atoms with Crippen molar-refractivity contribution < 1.29 is 4.74 Å². The number of nitrogen functional groups attached to an aromatic ring is 1. The van der Waals surface area contributed by atoms with Crippen molar-refractivity contribution in [3.8, 4) is 5.75 Å². The van der Waals surface area contributed by atoms with Gasteiger partial charge in [-0.15, -0.1) is 11.3 Å². The van der Waals surface area contributed by atoms with Crippen LogP contribution >= 0.6 is 33.9 Å². The summed E-state index contributed by atoms with van der Waals surface area (Å²) in [6.45, 7) is 0. The van der Waals surface area contributed by atoms with E-state index >= 15 is 0 Å². The Kier molecular flexibility index (Phi) is 2.33. The average Bonchev–Trinajstić information content (AvgIpc) is 2.43. The molecule has 2 aromatic rings. The predicted molar refractivity (Wildman–Crippen MR) is 65.5 cm³/mol. The summed E-state index contributed by atoms with van der Waals surface area (Å²) < 4.78 is 7.66. The minimum Gasteiger partial charge on any atom is -0.495 e. The minimum atomic E-state index is 0.749. The Morgan fingerprint density at radius 2 is 2.15 bits per heavy atom. The number of hydrogen-bond donors (Lipinski definition) is 1. The molecule has 68 valence electrons. The zero-order chi connectivity index (χ0) is 9.42. The molecule has 1 aromatic heterocycles. The summed E-state index contributed by atoms with van der Waals surface area (Å²) in [6.07, 6.45) is 0. The Morgan fingerprint density at radius 3 is 2.85 bits per heavy atom. The van der Waals surface area contributed by atoms with Gasteiger partial charge in [-0.3, -0.25) is 0 Å². The van der Waals surface area contributed by atoms with Crippen LogP contribution in [0.2, 0.25) is 0 Å². The van der Waals surface area contributed by atoms with Crippen LogP contribution in [-0.4, -0.2) is 7.11 Å². The van der Waals surface area contributed by atoms with Crippen molar-refractivity contribution in [2.45, 2.75) is 0 Å². The number of methoxy groups -OCH3 is 1. The molecule has 0 spiro atoms. The van der Waals surface area contributed by atoms with Crippen molar-refractivity contribution in [1.82, 2.24) is 0 Å². The standard InChI is InChI=1S/C9H8INOS/c1-12-7-4-6(11)2-5-3-8(10)13-9(5)7/h2-4H,11H2,1H3. The van der Waals surface area contributed by atoms with Crippen LogP contribution in [0.1, 0.15) is 0 Å². The third-order valence-corrected chi connectivity index (χ3v) is 3.72. The van der Waals surface area contributed by atoms with Crippen LogP contribution in [0.15, 0.2) is 18.2 Å². The number of anilines is 1. The monoisotopic (exact) mass is 305 g/mol. The molecule has 4 heteroatoms. The van der Waals surface area contributed by atoms with Crippen LogP contribution in [0, 0.1) is 2.88 Å². The zero-order valence-corrected chi connectivity index (χ0v) is 9.98. The van der Waals surface area contributed by atoms with Gasteiger partial charge < -0.3 is 10.5 Å². The van der Waals surface area contributed by atoms with E-state index in [9.17, 15) is 0 Å². The summed E-state index contributed by atoms with van der Waals surface area (Å²) in [7, 11) is 1.67. The van der Waals surface area contributed by atoms with E-state index in [0.717, 1.165) is 16.8 Å². The van der Waals surface area contributed by atoms with Gasteiger partial charge in [-0.2, -0.15) is 0 Å². The van der Waals surface area contributed by atoms with Crippen LogP contribution in [0.5, 0.6) is 5.75 Å². The average molecular weight is 305 g/mol. The fraction of sp³-hybridized carbons (Fsp3) is 0.111. The SMILES string of the molecule is COc1cc(N)cc2cc(I)sc12. The topological polar surface area (TPSA) is 35.2 Å². The van der Waals surface area contributed by atoms with E-state index in [2.05, 4.69) is 28.7 Å². The van der Waals surface area contributed by atoms with Crippen molar-refractivity contribution in [3.63, 3.8) is 0 Å². The van der Waals surface area contributed by atoms with Gasteiger partial charge in [0.05, 0.1) is 14.7 Å². The first-order valence-corrected chi connectivity index (χ1v) is 5.63. The molecular formula is C9H8INOS. The van der Waals surface area contributed by atoms with Gasteiger partial charge in [-0.1, -0.05) is 0 Å². The van der Waals surface area contributed by atoms with Crippen molar-refractivity contribution in [2.24, 2.45) is 0 Å². The molecule has 0 aliphatic heterocycles. The lowest BCUT2D eigenvalue weighted by Gasteiger charge is -2.02. The molecule has 0 saturated heterocycles. The second-order valence-electron chi connectivity index (χ2n) is 2.69. The molecule has 1 heterocycles. The molecule has 0 aliphatic rings. The van der Waals surface area contributed by atoms with Crippen LogP contribution in [-0.2, 0) is 0 Å². The van der Waals surface area contributed by atoms with Crippen LogP contribution in [0.3, 0.4) is 0 Å². The number of nitrogens with two attached hydrogens (primary N) is 1. The molecule has 0 saturated carbocycles. The molecule has 1 aromatic carbocycles. The van der Waals surface area contributed by atoms with Gasteiger partial charge in [0.15, 0.2) is 0 Å². The number of fused-ring (bicyclic) bond motifs is 1. The first-order chi connectivity index (χ1) is 6.20. The van der Waals surface area contributed by atoms with Crippen LogP contribution < -0.4 is 10.5 Å². The normalized spacial score (nSPS) is 10.6. The summed E-state index contributed by atoms with van der Waals surface area (Å²) in [5.41, 5.74) is 6.48. The third-order valence-electron chi connectivity index (χ3n) is 1.79. The Balaban J connectivity index is 2.80. The van der Waals surface area contributed by atoms with E-state index in [1.165, 1.54) is 7.58 Å². The molecule has 0 unspecified atom stereocenters. The van der Waals surface area contributed by atoms with Crippen LogP contribution in [0.4, 0.5) is 5.69 Å². The molecule has 0 aliphatic carbocycles. The number of rotatable bonds is 1. The molecule has 0 radical (unpaired) electrons. The van der Waals surface area contributed by atoms with E-state index in [0.29, 0.717) is 0 Å². The molecule has 0 bridgehead atoms. The lowest BCUT2D eigenvalue weighted by molar-refractivity contribution is 0.420. The fourth-order valence-electron chi connectivity index (χ4n) is 1.26. The lowest BCUT2D eigenvalue weighted by Crippen LogP contribution is -1.87. The summed E-state index contributed by atoms with van der Waals surface area (Å²) >= 11 is 4.02. The highest BCUT2D eigenvalue weighted by molar-refractivity contribution is 14.1. The van der Waals surface area contributed by atoms with E-state index in [1.54, 1.807) is 18.4 Å². The quantitative estimate of drug-likeness (QED) is 0.649. The first kappa shape index (κ1) is 9.08. The van der Waals surface area contributed by atoms with Gasteiger partial charge in [-0.25, -0.2) is 0 Å². The number of benzene rings is 1. The Morgan fingerprint density at radius 1 is 1.38 bits per heavy atom. The zero-order valence-electron chi connectivity index (χ0n) is 7.00. The van der Waals surface area contributed by atoms with E-state index in [1.807, 2.05) is 12.1 Å². The molecule has 2 rings (SSSR count). The van der Waals surface area contributed by atoms with E-state index in [-0.39, 0.29) is 0 Å².